The molecular formula is C14H32N2O. The molecule has 0 bridgehead atoms. The van der Waals surface area contributed by atoms with Crippen LogP contribution in [0.5, 0.6) is 0 Å². The van der Waals surface area contributed by atoms with Gasteiger partial charge in [0.25, 0.3) is 0 Å². The van der Waals surface area contributed by atoms with Crippen LogP contribution in [0.4, 0.5) is 0 Å². The van der Waals surface area contributed by atoms with E-state index in [1.165, 1.54) is 6.42 Å². The largest absolute Gasteiger partial charge is 0.377 e. The topological polar surface area (TPSA) is 38.5 Å². The SMILES string of the molecule is CC(C)CCC(C)(CN)N(C)CCOC(C)C. The molecule has 0 fully saturated rings. The van der Waals surface area contributed by atoms with Gasteiger partial charge in [0.1, 0.15) is 0 Å². The lowest BCUT2D eigenvalue weighted by atomic mass is 9.90. The van der Waals surface area contributed by atoms with Crippen LogP contribution in [0, 0.1) is 5.92 Å². The Balaban J connectivity index is 4.12. The quantitative estimate of drug-likeness (QED) is 0.677. The van der Waals surface area contributed by atoms with Gasteiger partial charge >= 0.3 is 0 Å². The molecule has 0 aromatic carbocycles. The van der Waals surface area contributed by atoms with Crippen molar-refractivity contribution < 1.29 is 4.74 Å². The highest BCUT2D eigenvalue weighted by molar-refractivity contribution is 4.85. The first-order valence-electron chi connectivity index (χ1n) is 6.84. The molecule has 1 unspecified atom stereocenters. The number of nitrogens with zero attached hydrogens (tertiary/aromatic N) is 1. The summed E-state index contributed by atoms with van der Waals surface area (Å²) in [6, 6.07) is 0. The molecule has 2 N–H and O–H groups in total. The maximum absolute atomic E-state index is 5.94. The Morgan fingerprint density at radius 3 is 2.24 bits per heavy atom. The molecule has 0 saturated carbocycles. The third-order valence-corrected chi connectivity index (χ3v) is 3.50. The van der Waals surface area contributed by atoms with Crippen LogP contribution in [0.3, 0.4) is 0 Å². The van der Waals surface area contributed by atoms with Crippen molar-refractivity contribution in [2.45, 2.75) is 59.1 Å². The van der Waals surface area contributed by atoms with Crippen LogP contribution in [0.2, 0.25) is 0 Å². The van der Waals surface area contributed by atoms with Crippen LogP contribution in [-0.4, -0.2) is 43.3 Å². The fourth-order valence-corrected chi connectivity index (χ4v) is 1.74. The molecule has 104 valence electrons. The van der Waals surface area contributed by atoms with Crippen LogP contribution in [0.15, 0.2) is 0 Å². The second-order valence-corrected chi connectivity index (χ2v) is 5.97. The predicted molar refractivity (Wildman–Crippen MR) is 75.2 cm³/mol. The molecule has 0 aromatic heterocycles. The Bertz CT molecular complexity index is 195. The predicted octanol–water partition coefficient (Wildman–Crippen LogP) is 2.50. The maximum Gasteiger partial charge on any atom is 0.0597 e. The van der Waals surface area contributed by atoms with Gasteiger partial charge in [0.05, 0.1) is 12.7 Å². The summed E-state index contributed by atoms with van der Waals surface area (Å²) in [5.74, 6) is 0.737. The minimum Gasteiger partial charge on any atom is -0.377 e. The molecule has 0 spiro atoms. The molecule has 0 aliphatic heterocycles. The molecule has 0 amide bonds. The zero-order chi connectivity index (χ0) is 13.5. The van der Waals surface area contributed by atoms with E-state index in [1.807, 2.05) is 0 Å². The van der Waals surface area contributed by atoms with Crippen molar-refractivity contribution in [2.75, 3.05) is 26.7 Å². The lowest BCUT2D eigenvalue weighted by Gasteiger charge is -2.38. The summed E-state index contributed by atoms with van der Waals surface area (Å²) in [5, 5.41) is 0. The fraction of sp³-hybridized carbons (Fsp3) is 1.00. The molecule has 17 heavy (non-hydrogen) atoms. The third kappa shape index (κ3) is 7.02. The van der Waals surface area contributed by atoms with Gasteiger partial charge in [-0.2, -0.15) is 0 Å². The Kier molecular flexibility index (Phi) is 8.01. The second-order valence-electron chi connectivity index (χ2n) is 5.97. The number of hydrogen-bond acceptors (Lipinski definition) is 3. The Hall–Kier alpha value is -0.120. The molecule has 0 aromatic rings. The van der Waals surface area contributed by atoms with Gasteiger partial charge in [0.15, 0.2) is 0 Å². The van der Waals surface area contributed by atoms with E-state index < -0.39 is 0 Å². The smallest absolute Gasteiger partial charge is 0.0597 e. The minimum absolute atomic E-state index is 0.102. The normalized spacial score (nSPS) is 15.9. The van der Waals surface area contributed by atoms with E-state index in [9.17, 15) is 0 Å². The van der Waals surface area contributed by atoms with E-state index in [2.05, 4.69) is 46.6 Å². The van der Waals surface area contributed by atoms with E-state index in [0.717, 1.165) is 25.5 Å². The van der Waals surface area contributed by atoms with E-state index >= 15 is 0 Å². The molecule has 0 radical (unpaired) electrons. The number of nitrogens with two attached hydrogens (primary N) is 1. The van der Waals surface area contributed by atoms with E-state index in [-0.39, 0.29) is 5.54 Å². The van der Waals surface area contributed by atoms with E-state index in [4.69, 9.17) is 10.5 Å². The van der Waals surface area contributed by atoms with Gasteiger partial charge < -0.3 is 10.5 Å². The zero-order valence-electron chi connectivity index (χ0n) is 12.6. The Morgan fingerprint density at radius 2 is 1.82 bits per heavy atom. The van der Waals surface area contributed by atoms with Crippen LogP contribution in [0.1, 0.15) is 47.5 Å². The highest BCUT2D eigenvalue weighted by Gasteiger charge is 2.27. The van der Waals surface area contributed by atoms with Gasteiger partial charge in [-0.05, 0) is 46.6 Å². The molecule has 0 heterocycles. The lowest BCUT2D eigenvalue weighted by molar-refractivity contribution is 0.0358. The van der Waals surface area contributed by atoms with Crippen molar-refractivity contribution in [3.05, 3.63) is 0 Å². The van der Waals surface area contributed by atoms with Gasteiger partial charge in [-0.1, -0.05) is 13.8 Å². The molecular weight excluding hydrogens is 212 g/mol. The Morgan fingerprint density at radius 1 is 1.24 bits per heavy atom. The molecule has 3 nitrogen and oxygen atoms in total. The summed E-state index contributed by atoms with van der Waals surface area (Å²) in [6.45, 7) is 13.4. The number of likely N-dealkylation sites (N-methyl/N-ethyl adjacent to an activating group) is 1. The monoisotopic (exact) mass is 244 g/mol. The maximum atomic E-state index is 5.94. The van der Waals surface area contributed by atoms with Crippen molar-refractivity contribution in [1.82, 2.24) is 4.90 Å². The molecule has 0 rings (SSSR count). The average molecular weight is 244 g/mol. The summed E-state index contributed by atoms with van der Waals surface area (Å²) >= 11 is 0. The molecule has 3 heteroatoms. The summed E-state index contributed by atoms with van der Waals surface area (Å²) in [6.07, 6.45) is 2.69. The highest BCUT2D eigenvalue weighted by Crippen LogP contribution is 2.21. The van der Waals surface area contributed by atoms with E-state index in [0.29, 0.717) is 12.6 Å². The first kappa shape index (κ1) is 16.9. The van der Waals surface area contributed by atoms with Gasteiger partial charge in [-0.15, -0.1) is 0 Å². The molecule has 0 aliphatic rings. The zero-order valence-corrected chi connectivity index (χ0v) is 12.6. The van der Waals surface area contributed by atoms with Crippen LogP contribution in [-0.2, 0) is 4.74 Å². The first-order valence-corrected chi connectivity index (χ1v) is 6.84. The van der Waals surface area contributed by atoms with Gasteiger partial charge in [0, 0.05) is 18.6 Å². The summed E-state index contributed by atoms with van der Waals surface area (Å²) in [4.78, 5) is 2.35. The van der Waals surface area contributed by atoms with Crippen molar-refractivity contribution >= 4 is 0 Å². The van der Waals surface area contributed by atoms with Crippen molar-refractivity contribution in [3.8, 4) is 0 Å². The van der Waals surface area contributed by atoms with Gasteiger partial charge in [0.2, 0.25) is 0 Å². The summed E-state index contributed by atoms with van der Waals surface area (Å²) in [5.41, 5.74) is 6.05. The third-order valence-electron chi connectivity index (χ3n) is 3.50. The summed E-state index contributed by atoms with van der Waals surface area (Å²) in [7, 11) is 2.15. The number of ether oxygens (including phenoxy) is 1. The fourth-order valence-electron chi connectivity index (χ4n) is 1.74. The van der Waals surface area contributed by atoms with Crippen molar-refractivity contribution in [2.24, 2.45) is 11.7 Å². The minimum atomic E-state index is 0.102. The van der Waals surface area contributed by atoms with Crippen LogP contribution < -0.4 is 5.73 Å². The average Bonchev–Trinajstić information content (AvgIpc) is 2.25. The molecule has 1 atom stereocenters. The lowest BCUT2D eigenvalue weighted by Crippen LogP contribution is -2.51. The standard InChI is InChI=1S/C14H32N2O/c1-12(2)7-8-14(5,11-15)16(6)9-10-17-13(3)4/h12-13H,7-11,15H2,1-6H3. The second kappa shape index (κ2) is 8.06. The van der Waals surface area contributed by atoms with Crippen molar-refractivity contribution in [3.63, 3.8) is 0 Å². The molecule has 0 saturated heterocycles. The first-order chi connectivity index (χ1) is 7.81. The Labute approximate surface area is 108 Å². The number of rotatable bonds is 9. The molecule has 0 aliphatic carbocycles. The van der Waals surface area contributed by atoms with Crippen molar-refractivity contribution in [1.29, 1.82) is 0 Å². The van der Waals surface area contributed by atoms with Crippen LogP contribution >= 0.6 is 0 Å². The van der Waals surface area contributed by atoms with Gasteiger partial charge in [-0.25, -0.2) is 0 Å². The summed E-state index contributed by atoms with van der Waals surface area (Å²) < 4.78 is 5.60. The van der Waals surface area contributed by atoms with E-state index in [1.54, 1.807) is 0 Å². The highest BCUT2D eigenvalue weighted by atomic mass is 16.5. The van der Waals surface area contributed by atoms with Gasteiger partial charge in [-0.3, -0.25) is 4.90 Å². The van der Waals surface area contributed by atoms with Crippen LogP contribution in [0.25, 0.3) is 0 Å². The number of hydrogen-bond donors (Lipinski definition) is 1.